The van der Waals surface area contributed by atoms with E-state index in [9.17, 15) is 4.79 Å². The Morgan fingerprint density at radius 3 is 2.39 bits per heavy atom. The van der Waals surface area contributed by atoms with Crippen molar-refractivity contribution in [2.75, 3.05) is 13.7 Å². The molecule has 0 aliphatic heterocycles. The smallest absolute Gasteiger partial charge is 0.323 e. The van der Waals surface area contributed by atoms with Crippen LogP contribution in [0.2, 0.25) is 0 Å². The molecule has 0 bridgehead atoms. The molecule has 1 aromatic carbocycles. The van der Waals surface area contributed by atoms with Crippen LogP contribution in [0.25, 0.3) is 0 Å². The number of methoxy groups -OCH3 is 1. The number of hydrogen-bond donors (Lipinski definition) is 1. The van der Waals surface area contributed by atoms with E-state index in [1.54, 1.807) is 0 Å². The van der Waals surface area contributed by atoms with Crippen LogP contribution in [0.1, 0.15) is 26.3 Å². The molecule has 0 radical (unpaired) electrons. The topological polar surface area (TPSA) is 38.3 Å². The minimum atomic E-state index is -0.281. The van der Waals surface area contributed by atoms with Crippen molar-refractivity contribution in [2.45, 2.75) is 33.2 Å². The predicted molar refractivity (Wildman–Crippen MR) is 73.4 cm³/mol. The van der Waals surface area contributed by atoms with Crippen molar-refractivity contribution in [1.29, 1.82) is 0 Å². The minimum absolute atomic E-state index is 0.142. The number of nitrogens with one attached hydrogen (secondary N) is 1. The van der Waals surface area contributed by atoms with Gasteiger partial charge in [0.25, 0.3) is 0 Å². The molecule has 3 nitrogen and oxygen atoms in total. The van der Waals surface area contributed by atoms with Crippen molar-refractivity contribution < 1.29 is 9.53 Å². The summed E-state index contributed by atoms with van der Waals surface area (Å²) >= 11 is 0. The minimum Gasteiger partial charge on any atom is -0.468 e. The van der Waals surface area contributed by atoms with Gasteiger partial charge in [-0.25, -0.2) is 0 Å². The SMILES string of the molecule is COC(=O)C(Cc1ccccc1)NCC(C)(C)C. The van der Waals surface area contributed by atoms with E-state index in [0.717, 1.165) is 12.1 Å². The van der Waals surface area contributed by atoms with Gasteiger partial charge in [0.1, 0.15) is 6.04 Å². The van der Waals surface area contributed by atoms with Crippen LogP contribution in [0.15, 0.2) is 30.3 Å². The second kappa shape index (κ2) is 6.55. The third kappa shape index (κ3) is 5.32. The highest BCUT2D eigenvalue weighted by molar-refractivity contribution is 5.76. The largest absolute Gasteiger partial charge is 0.468 e. The summed E-state index contributed by atoms with van der Waals surface area (Å²) in [4.78, 5) is 11.7. The molecule has 1 N–H and O–H groups in total. The molecule has 3 heteroatoms. The van der Waals surface area contributed by atoms with Gasteiger partial charge >= 0.3 is 5.97 Å². The standard InChI is InChI=1S/C15H23NO2/c1-15(2,3)11-16-13(14(17)18-4)10-12-8-6-5-7-9-12/h5-9,13,16H,10-11H2,1-4H3. The van der Waals surface area contributed by atoms with E-state index in [0.29, 0.717) is 6.42 Å². The van der Waals surface area contributed by atoms with E-state index in [-0.39, 0.29) is 17.4 Å². The Balaban J connectivity index is 2.65. The highest BCUT2D eigenvalue weighted by atomic mass is 16.5. The summed E-state index contributed by atoms with van der Waals surface area (Å²) in [6.07, 6.45) is 0.656. The molecule has 0 aromatic heterocycles. The zero-order chi connectivity index (χ0) is 13.6. The Hall–Kier alpha value is -1.35. The fourth-order valence-corrected chi connectivity index (χ4v) is 1.66. The highest BCUT2D eigenvalue weighted by Crippen LogP contribution is 2.12. The van der Waals surface area contributed by atoms with E-state index in [1.807, 2.05) is 30.3 Å². The molecule has 0 saturated carbocycles. The number of carbonyl (C=O) groups is 1. The van der Waals surface area contributed by atoms with Crippen LogP contribution in [0, 0.1) is 5.41 Å². The van der Waals surface area contributed by atoms with Crippen molar-refractivity contribution in [2.24, 2.45) is 5.41 Å². The average molecular weight is 249 g/mol. The summed E-state index contributed by atoms with van der Waals surface area (Å²) in [7, 11) is 1.43. The zero-order valence-electron chi connectivity index (χ0n) is 11.7. The molecule has 0 aliphatic carbocycles. The normalized spacial score (nSPS) is 13.1. The van der Waals surface area contributed by atoms with Gasteiger partial charge in [-0.05, 0) is 17.4 Å². The molecule has 0 heterocycles. The first-order valence-corrected chi connectivity index (χ1v) is 6.27. The lowest BCUT2D eigenvalue weighted by Gasteiger charge is -2.23. The molecule has 100 valence electrons. The maximum absolute atomic E-state index is 11.7. The van der Waals surface area contributed by atoms with Crippen molar-refractivity contribution in [3.63, 3.8) is 0 Å². The molecule has 18 heavy (non-hydrogen) atoms. The Bertz CT molecular complexity index is 368. The number of benzene rings is 1. The Kier molecular flexibility index (Phi) is 5.35. The molecular weight excluding hydrogens is 226 g/mol. The molecule has 0 aliphatic rings. The second-order valence-electron chi connectivity index (χ2n) is 5.71. The molecule has 0 spiro atoms. The fraction of sp³-hybridized carbons (Fsp3) is 0.533. The predicted octanol–water partition coefficient (Wildman–Crippen LogP) is 2.41. The first kappa shape index (κ1) is 14.7. The zero-order valence-corrected chi connectivity index (χ0v) is 11.7. The van der Waals surface area contributed by atoms with Crippen LogP contribution in [-0.4, -0.2) is 25.7 Å². The third-order valence-corrected chi connectivity index (χ3v) is 2.65. The molecule has 1 atom stereocenters. The molecule has 0 amide bonds. The lowest BCUT2D eigenvalue weighted by atomic mass is 9.96. The van der Waals surface area contributed by atoms with Gasteiger partial charge < -0.3 is 10.1 Å². The molecule has 1 aromatic rings. The van der Waals surface area contributed by atoms with Gasteiger partial charge in [-0.15, -0.1) is 0 Å². The van der Waals surface area contributed by atoms with Gasteiger partial charge in [-0.1, -0.05) is 51.1 Å². The lowest BCUT2D eigenvalue weighted by molar-refractivity contribution is -0.143. The number of ether oxygens (including phenoxy) is 1. The quantitative estimate of drug-likeness (QED) is 0.814. The van der Waals surface area contributed by atoms with Crippen molar-refractivity contribution in [1.82, 2.24) is 5.32 Å². The summed E-state index contributed by atoms with van der Waals surface area (Å²) in [5, 5.41) is 3.28. The Morgan fingerprint density at radius 2 is 1.89 bits per heavy atom. The van der Waals surface area contributed by atoms with Gasteiger partial charge in [0.05, 0.1) is 7.11 Å². The van der Waals surface area contributed by atoms with Crippen LogP contribution >= 0.6 is 0 Å². The van der Waals surface area contributed by atoms with E-state index < -0.39 is 0 Å². The number of carbonyl (C=O) groups excluding carboxylic acids is 1. The summed E-state index contributed by atoms with van der Waals surface area (Å²) < 4.78 is 4.85. The first-order chi connectivity index (χ1) is 8.42. The molecule has 1 rings (SSSR count). The highest BCUT2D eigenvalue weighted by Gasteiger charge is 2.21. The second-order valence-corrected chi connectivity index (χ2v) is 5.71. The van der Waals surface area contributed by atoms with Crippen LogP contribution in [0.4, 0.5) is 0 Å². The average Bonchev–Trinajstić information content (AvgIpc) is 2.33. The first-order valence-electron chi connectivity index (χ1n) is 6.27. The number of hydrogen-bond acceptors (Lipinski definition) is 3. The number of esters is 1. The van der Waals surface area contributed by atoms with E-state index >= 15 is 0 Å². The molecule has 0 fully saturated rings. The Morgan fingerprint density at radius 1 is 1.28 bits per heavy atom. The van der Waals surface area contributed by atoms with Gasteiger partial charge in [0.2, 0.25) is 0 Å². The monoisotopic (exact) mass is 249 g/mol. The van der Waals surface area contributed by atoms with E-state index in [1.165, 1.54) is 7.11 Å². The summed E-state index contributed by atoms with van der Waals surface area (Å²) in [5.41, 5.74) is 1.28. The van der Waals surface area contributed by atoms with Crippen LogP contribution in [0.3, 0.4) is 0 Å². The van der Waals surface area contributed by atoms with Gasteiger partial charge in [-0.2, -0.15) is 0 Å². The van der Waals surface area contributed by atoms with Crippen molar-refractivity contribution >= 4 is 5.97 Å². The fourth-order valence-electron chi connectivity index (χ4n) is 1.66. The summed E-state index contributed by atoms with van der Waals surface area (Å²) in [5.74, 6) is -0.205. The maximum atomic E-state index is 11.7. The van der Waals surface area contributed by atoms with Crippen LogP contribution in [-0.2, 0) is 16.0 Å². The van der Waals surface area contributed by atoms with Crippen LogP contribution < -0.4 is 5.32 Å². The molecule has 0 saturated heterocycles. The third-order valence-electron chi connectivity index (χ3n) is 2.65. The van der Waals surface area contributed by atoms with Crippen LogP contribution in [0.5, 0.6) is 0 Å². The molecule has 1 unspecified atom stereocenters. The van der Waals surface area contributed by atoms with Gasteiger partial charge in [-0.3, -0.25) is 4.79 Å². The Labute approximate surface area is 110 Å². The summed E-state index contributed by atoms with van der Waals surface area (Å²) in [6, 6.07) is 9.69. The van der Waals surface area contributed by atoms with Gasteiger partial charge in [0.15, 0.2) is 0 Å². The molecular formula is C15H23NO2. The van der Waals surface area contributed by atoms with Crippen molar-refractivity contribution in [3.8, 4) is 0 Å². The van der Waals surface area contributed by atoms with E-state index in [2.05, 4.69) is 26.1 Å². The maximum Gasteiger partial charge on any atom is 0.323 e. The number of rotatable bonds is 5. The summed E-state index contributed by atoms with van der Waals surface area (Å²) in [6.45, 7) is 7.18. The van der Waals surface area contributed by atoms with Crippen molar-refractivity contribution in [3.05, 3.63) is 35.9 Å². The van der Waals surface area contributed by atoms with E-state index in [4.69, 9.17) is 4.74 Å². The lowest BCUT2D eigenvalue weighted by Crippen LogP contribution is -2.43. The van der Waals surface area contributed by atoms with Gasteiger partial charge in [0, 0.05) is 6.54 Å².